The van der Waals surface area contributed by atoms with Crippen molar-refractivity contribution in [3.05, 3.63) is 29.8 Å². The van der Waals surface area contributed by atoms with Crippen molar-refractivity contribution in [2.24, 2.45) is 5.92 Å². The summed E-state index contributed by atoms with van der Waals surface area (Å²) in [7, 11) is 0. The van der Waals surface area contributed by atoms with Crippen molar-refractivity contribution in [2.45, 2.75) is 46.1 Å². The monoisotopic (exact) mass is 288 g/mol. The van der Waals surface area contributed by atoms with Crippen LogP contribution in [0.5, 0.6) is 0 Å². The Hall–Kier alpha value is -1.84. The molecule has 2 amide bonds. The van der Waals surface area contributed by atoms with E-state index in [-0.39, 0.29) is 11.8 Å². The number of carbonyl (C=O) groups excluding carboxylic acids is 2. The smallest absolute Gasteiger partial charge is 0.254 e. The largest absolute Gasteiger partial charge is 0.338 e. The second-order valence-electron chi connectivity index (χ2n) is 6.30. The Morgan fingerprint density at radius 1 is 1.24 bits per heavy atom. The van der Waals surface area contributed by atoms with Crippen LogP contribution in [0.4, 0.5) is 5.69 Å². The van der Waals surface area contributed by atoms with E-state index in [9.17, 15) is 9.59 Å². The van der Waals surface area contributed by atoms with E-state index in [1.165, 1.54) is 0 Å². The number of rotatable bonds is 4. The molecule has 1 aliphatic heterocycles. The molecule has 1 heterocycles. The van der Waals surface area contributed by atoms with Crippen LogP contribution in [0.3, 0.4) is 0 Å². The minimum absolute atomic E-state index is 0.0241. The lowest BCUT2D eigenvalue weighted by molar-refractivity contribution is -0.124. The van der Waals surface area contributed by atoms with Gasteiger partial charge < -0.3 is 10.2 Å². The number of amides is 2. The Morgan fingerprint density at radius 2 is 1.90 bits per heavy atom. The molecule has 2 rings (SSSR count). The zero-order valence-corrected chi connectivity index (χ0v) is 13.3. The zero-order chi connectivity index (χ0) is 15.6. The van der Waals surface area contributed by atoms with E-state index in [1.807, 2.05) is 32.0 Å². The summed E-state index contributed by atoms with van der Waals surface area (Å²) in [5.74, 6) is 0.309. The Kier molecular flexibility index (Phi) is 4.35. The summed E-state index contributed by atoms with van der Waals surface area (Å²) in [5, 5.41) is 2.90. The number of hydrogen-bond acceptors (Lipinski definition) is 2. The normalized spacial score (nSPS) is 22.0. The van der Waals surface area contributed by atoms with Crippen LogP contribution >= 0.6 is 0 Å². The lowest BCUT2D eigenvalue weighted by atomic mass is 9.96. The fraction of sp³-hybridized carbons (Fsp3) is 0.529. The van der Waals surface area contributed by atoms with Crippen molar-refractivity contribution in [1.29, 1.82) is 0 Å². The molecular weight excluding hydrogens is 264 g/mol. The van der Waals surface area contributed by atoms with Crippen LogP contribution in [-0.2, 0) is 4.79 Å². The Bertz CT molecular complexity index is 553. The molecule has 0 spiro atoms. The molecule has 114 valence electrons. The summed E-state index contributed by atoms with van der Waals surface area (Å²) in [6.45, 7) is 8.64. The second-order valence-corrected chi connectivity index (χ2v) is 6.30. The van der Waals surface area contributed by atoms with Gasteiger partial charge in [-0.15, -0.1) is 0 Å². The molecule has 0 saturated carbocycles. The number of anilines is 1. The Balaban J connectivity index is 2.48. The van der Waals surface area contributed by atoms with Gasteiger partial charge in [-0.2, -0.15) is 0 Å². The van der Waals surface area contributed by atoms with Crippen LogP contribution in [0.1, 0.15) is 50.9 Å². The van der Waals surface area contributed by atoms with Gasteiger partial charge in [-0.05, 0) is 37.8 Å². The average Bonchev–Trinajstić information content (AvgIpc) is 2.53. The van der Waals surface area contributed by atoms with E-state index in [4.69, 9.17) is 0 Å². The number of para-hydroxylation sites is 1. The van der Waals surface area contributed by atoms with Gasteiger partial charge in [-0.1, -0.05) is 32.9 Å². The predicted molar refractivity (Wildman–Crippen MR) is 84.4 cm³/mol. The minimum Gasteiger partial charge on any atom is -0.338 e. The molecule has 1 unspecified atom stereocenters. The molecule has 0 bridgehead atoms. The van der Waals surface area contributed by atoms with E-state index in [0.29, 0.717) is 24.4 Å². The highest BCUT2D eigenvalue weighted by molar-refractivity contribution is 6.12. The molecule has 0 aliphatic carbocycles. The second kappa shape index (κ2) is 5.88. The lowest BCUT2D eigenvalue weighted by Gasteiger charge is -2.32. The number of benzene rings is 1. The van der Waals surface area contributed by atoms with E-state index in [1.54, 1.807) is 11.0 Å². The van der Waals surface area contributed by atoms with Gasteiger partial charge in [0.2, 0.25) is 0 Å². The molecule has 1 aromatic carbocycles. The topological polar surface area (TPSA) is 49.4 Å². The van der Waals surface area contributed by atoms with Gasteiger partial charge in [0.15, 0.2) is 0 Å². The SMILES string of the molecule is CCC1(C)NC(=O)c2ccccc2N(CCC(C)C)C1=O. The molecule has 4 heteroatoms. The van der Waals surface area contributed by atoms with E-state index in [2.05, 4.69) is 19.2 Å². The van der Waals surface area contributed by atoms with Crippen molar-refractivity contribution >= 4 is 17.5 Å². The van der Waals surface area contributed by atoms with Crippen LogP contribution in [0, 0.1) is 5.92 Å². The average molecular weight is 288 g/mol. The van der Waals surface area contributed by atoms with Crippen LogP contribution < -0.4 is 10.2 Å². The van der Waals surface area contributed by atoms with Crippen molar-refractivity contribution < 1.29 is 9.59 Å². The third-order valence-electron chi connectivity index (χ3n) is 4.18. The number of fused-ring (bicyclic) bond motifs is 1. The third kappa shape index (κ3) is 2.94. The molecule has 0 aromatic heterocycles. The van der Waals surface area contributed by atoms with Crippen LogP contribution in [0.25, 0.3) is 0 Å². The highest BCUT2D eigenvalue weighted by Gasteiger charge is 2.41. The fourth-order valence-electron chi connectivity index (χ4n) is 2.53. The molecule has 1 atom stereocenters. The molecule has 4 nitrogen and oxygen atoms in total. The molecule has 0 fully saturated rings. The Morgan fingerprint density at radius 3 is 2.52 bits per heavy atom. The quantitative estimate of drug-likeness (QED) is 0.926. The first kappa shape index (κ1) is 15.5. The third-order valence-corrected chi connectivity index (χ3v) is 4.18. The van der Waals surface area contributed by atoms with Gasteiger partial charge >= 0.3 is 0 Å². The first-order chi connectivity index (χ1) is 9.89. The van der Waals surface area contributed by atoms with E-state index >= 15 is 0 Å². The van der Waals surface area contributed by atoms with Gasteiger partial charge in [0.25, 0.3) is 11.8 Å². The van der Waals surface area contributed by atoms with Gasteiger partial charge in [0.05, 0.1) is 11.3 Å². The first-order valence-corrected chi connectivity index (χ1v) is 7.62. The molecular formula is C17H24N2O2. The number of carbonyl (C=O) groups is 2. The van der Waals surface area contributed by atoms with Crippen molar-refractivity contribution in [1.82, 2.24) is 5.32 Å². The van der Waals surface area contributed by atoms with Gasteiger partial charge in [-0.25, -0.2) is 0 Å². The predicted octanol–water partition coefficient (Wildman–Crippen LogP) is 2.98. The Labute approximate surface area is 126 Å². The molecule has 0 saturated heterocycles. The highest BCUT2D eigenvalue weighted by Crippen LogP contribution is 2.29. The number of nitrogens with one attached hydrogen (secondary N) is 1. The van der Waals surface area contributed by atoms with Gasteiger partial charge in [0, 0.05) is 6.54 Å². The minimum atomic E-state index is -0.840. The molecule has 0 radical (unpaired) electrons. The summed E-state index contributed by atoms with van der Waals surface area (Å²) < 4.78 is 0. The molecule has 1 aromatic rings. The lowest BCUT2D eigenvalue weighted by Crippen LogP contribution is -2.55. The standard InChI is InChI=1S/C17H24N2O2/c1-5-17(4)16(21)19(11-10-12(2)3)14-9-7-6-8-13(14)15(20)18-17/h6-9,12H,5,10-11H2,1-4H3,(H,18,20). The number of hydrogen-bond donors (Lipinski definition) is 1. The van der Waals surface area contributed by atoms with Crippen LogP contribution in [0.15, 0.2) is 24.3 Å². The van der Waals surface area contributed by atoms with E-state index < -0.39 is 5.54 Å². The molecule has 1 aliphatic rings. The van der Waals surface area contributed by atoms with Crippen molar-refractivity contribution in [2.75, 3.05) is 11.4 Å². The van der Waals surface area contributed by atoms with Crippen molar-refractivity contribution in [3.8, 4) is 0 Å². The summed E-state index contributed by atoms with van der Waals surface area (Å²) in [5.41, 5.74) is 0.456. The fourth-order valence-corrected chi connectivity index (χ4v) is 2.53. The maximum atomic E-state index is 12.9. The number of nitrogens with zero attached hydrogens (tertiary/aromatic N) is 1. The first-order valence-electron chi connectivity index (χ1n) is 7.62. The van der Waals surface area contributed by atoms with Crippen LogP contribution in [-0.4, -0.2) is 23.9 Å². The zero-order valence-electron chi connectivity index (χ0n) is 13.3. The van der Waals surface area contributed by atoms with Crippen molar-refractivity contribution in [3.63, 3.8) is 0 Å². The van der Waals surface area contributed by atoms with Crippen LogP contribution in [0.2, 0.25) is 0 Å². The van der Waals surface area contributed by atoms with Gasteiger partial charge in [0.1, 0.15) is 5.54 Å². The highest BCUT2D eigenvalue weighted by atomic mass is 16.2. The van der Waals surface area contributed by atoms with Gasteiger partial charge in [-0.3, -0.25) is 9.59 Å². The molecule has 1 N–H and O–H groups in total. The summed E-state index contributed by atoms with van der Waals surface area (Å²) >= 11 is 0. The summed E-state index contributed by atoms with van der Waals surface area (Å²) in [6, 6.07) is 7.34. The molecule has 21 heavy (non-hydrogen) atoms. The van der Waals surface area contributed by atoms with E-state index in [0.717, 1.165) is 12.1 Å². The maximum Gasteiger partial charge on any atom is 0.254 e. The summed E-state index contributed by atoms with van der Waals surface area (Å²) in [6.07, 6.45) is 1.48. The maximum absolute atomic E-state index is 12.9. The summed E-state index contributed by atoms with van der Waals surface area (Å²) in [4.78, 5) is 27.1.